The van der Waals surface area contributed by atoms with Gasteiger partial charge in [0, 0.05) is 6.54 Å². The normalized spacial score (nSPS) is 15.7. The third-order valence-corrected chi connectivity index (χ3v) is 4.56. The fourth-order valence-corrected chi connectivity index (χ4v) is 3.19. The van der Waals surface area contributed by atoms with Crippen molar-refractivity contribution < 1.29 is 9.13 Å². The van der Waals surface area contributed by atoms with Crippen LogP contribution in [0.4, 0.5) is 4.39 Å². The van der Waals surface area contributed by atoms with Gasteiger partial charge in [-0.1, -0.05) is 30.3 Å². The number of halogens is 2. The van der Waals surface area contributed by atoms with Crippen LogP contribution in [0.2, 0.25) is 0 Å². The lowest BCUT2D eigenvalue weighted by Gasteiger charge is -2.31. The minimum Gasteiger partial charge on any atom is -0.492 e. The van der Waals surface area contributed by atoms with E-state index in [0.29, 0.717) is 6.61 Å². The number of benzene rings is 2. The van der Waals surface area contributed by atoms with Crippen molar-refractivity contribution in [2.24, 2.45) is 5.92 Å². The predicted molar refractivity (Wildman–Crippen MR) is 98.5 cm³/mol. The molecule has 1 aliphatic heterocycles. The van der Waals surface area contributed by atoms with E-state index in [1.807, 2.05) is 0 Å². The van der Waals surface area contributed by atoms with Crippen molar-refractivity contribution in [3.05, 3.63) is 66.0 Å². The summed E-state index contributed by atoms with van der Waals surface area (Å²) in [6, 6.07) is 17.0. The first-order valence-corrected chi connectivity index (χ1v) is 8.44. The SMILES string of the molecule is Cl.Fc1ccc(OCCN2CCC(Cc3ccccc3)CC2)cc1. The molecule has 130 valence electrons. The molecule has 3 rings (SSSR count). The molecule has 0 spiro atoms. The molecular weight excluding hydrogens is 325 g/mol. The van der Waals surface area contributed by atoms with Crippen molar-refractivity contribution in [3.63, 3.8) is 0 Å². The number of likely N-dealkylation sites (tertiary alicyclic amines) is 1. The Hall–Kier alpha value is -1.58. The van der Waals surface area contributed by atoms with Crippen molar-refractivity contribution in [2.45, 2.75) is 19.3 Å². The maximum Gasteiger partial charge on any atom is 0.123 e. The molecule has 2 nitrogen and oxygen atoms in total. The topological polar surface area (TPSA) is 12.5 Å². The van der Waals surface area contributed by atoms with E-state index in [4.69, 9.17) is 4.74 Å². The zero-order valence-electron chi connectivity index (χ0n) is 13.9. The van der Waals surface area contributed by atoms with E-state index in [0.717, 1.165) is 31.3 Å². The second-order valence-corrected chi connectivity index (χ2v) is 6.28. The highest BCUT2D eigenvalue weighted by molar-refractivity contribution is 5.85. The van der Waals surface area contributed by atoms with Crippen molar-refractivity contribution in [1.82, 2.24) is 4.90 Å². The average molecular weight is 350 g/mol. The summed E-state index contributed by atoms with van der Waals surface area (Å²) in [5.41, 5.74) is 1.45. The first kappa shape index (κ1) is 18.8. The number of nitrogens with zero attached hydrogens (tertiary/aromatic N) is 1. The molecule has 1 aliphatic rings. The van der Waals surface area contributed by atoms with E-state index in [9.17, 15) is 4.39 Å². The molecule has 0 aliphatic carbocycles. The number of hydrogen-bond donors (Lipinski definition) is 0. The maximum atomic E-state index is 12.8. The Morgan fingerprint density at radius 1 is 0.958 bits per heavy atom. The van der Waals surface area contributed by atoms with E-state index in [1.165, 1.54) is 37.0 Å². The molecule has 0 amide bonds. The van der Waals surface area contributed by atoms with Crippen molar-refractivity contribution in [3.8, 4) is 5.75 Å². The Morgan fingerprint density at radius 2 is 1.62 bits per heavy atom. The van der Waals surface area contributed by atoms with Gasteiger partial charge in [-0.15, -0.1) is 12.4 Å². The highest BCUT2D eigenvalue weighted by atomic mass is 35.5. The zero-order valence-corrected chi connectivity index (χ0v) is 14.7. The molecule has 2 aromatic rings. The minimum atomic E-state index is -0.224. The lowest BCUT2D eigenvalue weighted by molar-refractivity contribution is 0.155. The van der Waals surface area contributed by atoms with Gasteiger partial charge in [0.25, 0.3) is 0 Å². The van der Waals surface area contributed by atoms with Crippen LogP contribution in [0.15, 0.2) is 54.6 Å². The van der Waals surface area contributed by atoms with Crippen molar-refractivity contribution in [2.75, 3.05) is 26.2 Å². The summed E-state index contributed by atoms with van der Waals surface area (Å²) in [5, 5.41) is 0. The van der Waals surface area contributed by atoms with Crippen LogP contribution in [-0.2, 0) is 6.42 Å². The third kappa shape index (κ3) is 5.81. The lowest BCUT2D eigenvalue weighted by Crippen LogP contribution is -2.37. The standard InChI is InChI=1S/C20H24FNO.ClH/c21-19-6-8-20(9-7-19)23-15-14-22-12-10-18(11-13-22)16-17-4-2-1-3-5-17;/h1-9,18H,10-16H2;1H. The van der Waals surface area contributed by atoms with Crippen LogP contribution in [-0.4, -0.2) is 31.1 Å². The molecule has 0 unspecified atom stereocenters. The number of hydrogen-bond acceptors (Lipinski definition) is 2. The summed E-state index contributed by atoms with van der Waals surface area (Å²) in [7, 11) is 0. The van der Waals surface area contributed by atoms with Gasteiger partial charge in [-0.3, -0.25) is 4.90 Å². The third-order valence-electron chi connectivity index (χ3n) is 4.56. The molecule has 24 heavy (non-hydrogen) atoms. The summed E-state index contributed by atoms with van der Waals surface area (Å²) in [6.45, 7) is 3.89. The van der Waals surface area contributed by atoms with Crippen molar-refractivity contribution in [1.29, 1.82) is 0 Å². The Balaban J connectivity index is 0.00000208. The quantitative estimate of drug-likeness (QED) is 0.756. The van der Waals surface area contributed by atoms with E-state index in [2.05, 4.69) is 35.2 Å². The highest BCUT2D eigenvalue weighted by Gasteiger charge is 2.19. The molecule has 0 atom stereocenters. The summed E-state index contributed by atoms with van der Waals surface area (Å²) >= 11 is 0. The molecule has 0 aromatic heterocycles. The molecular formula is C20H25ClFNO. The summed E-state index contributed by atoms with van der Waals surface area (Å²) in [6.07, 6.45) is 3.71. The fourth-order valence-electron chi connectivity index (χ4n) is 3.19. The second-order valence-electron chi connectivity index (χ2n) is 6.28. The Labute approximate surface area is 150 Å². The van der Waals surface area contributed by atoms with Gasteiger partial charge in [0.1, 0.15) is 18.2 Å². The first-order chi connectivity index (χ1) is 11.3. The van der Waals surface area contributed by atoms with E-state index in [-0.39, 0.29) is 18.2 Å². The average Bonchev–Trinajstić information content (AvgIpc) is 2.59. The van der Waals surface area contributed by atoms with Crippen LogP contribution in [0.3, 0.4) is 0 Å². The van der Waals surface area contributed by atoms with Gasteiger partial charge in [0.15, 0.2) is 0 Å². The number of ether oxygens (including phenoxy) is 1. The molecule has 1 saturated heterocycles. The summed E-state index contributed by atoms with van der Waals surface area (Å²) in [5.74, 6) is 1.31. The summed E-state index contributed by atoms with van der Waals surface area (Å²) < 4.78 is 18.5. The highest BCUT2D eigenvalue weighted by Crippen LogP contribution is 2.21. The van der Waals surface area contributed by atoms with Gasteiger partial charge in [0.2, 0.25) is 0 Å². The van der Waals surface area contributed by atoms with Gasteiger partial charge in [-0.2, -0.15) is 0 Å². The maximum absolute atomic E-state index is 12.8. The van der Waals surface area contributed by atoms with Crippen LogP contribution in [0.1, 0.15) is 18.4 Å². The van der Waals surface area contributed by atoms with Crippen LogP contribution in [0.5, 0.6) is 5.75 Å². The van der Waals surface area contributed by atoms with Crippen LogP contribution >= 0.6 is 12.4 Å². The van der Waals surface area contributed by atoms with Crippen molar-refractivity contribution >= 4 is 12.4 Å². The Morgan fingerprint density at radius 3 is 2.29 bits per heavy atom. The van der Waals surface area contributed by atoms with Crippen LogP contribution < -0.4 is 4.74 Å². The molecule has 0 bridgehead atoms. The first-order valence-electron chi connectivity index (χ1n) is 8.44. The molecule has 2 aromatic carbocycles. The Bertz CT molecular complexity index is 582. The number of rotatable bonds is 6. The van der Waals surface area contributed by atoms with E-state index >= 15 is 0 Å². The second kappa shape index (κ2) is 9.65. The monoisotopic (exact) mass is 349 g/mol. The smallest absolute Gasteiger partial charge is 0.123 e. The van der Waals surface area contributed by atoms with E-state index < -0.39 is 0 Å². The molecule has 0 saturated carbocycles. The minimum absolute atomic E-state index is 0. The van der Waals surface area contributed by atoms with Gasteiger partial charge < -0.3 is 4.74 Å². The molecule has 0 radical (unpaired) electrons. The van der Waals surface area contributed by atoms with Gasteiger partial charge >= 0.3 is 0 Å². The largest absolute Gasteiger partial charge is 0.492 e. The predicted octanol–water partition coefficient (Wildman–Crippen LogP) is 4.58. The zero-order chi connectivity index (χ0) is 15.9. The lowest BCUT2D eigenvalue weighted by atomic mass is 9.90. The number of piperidine rings is 1. The molecule has 0 N–H and O–H groups in total. The van der Waals surface area contributed by atoms with Gasteiger partial charge in [-0.25, -0.2) is 4.39 Å². The molecule has 1 heterocycles. The molecule has 4 heteroatoms. The fraction of sp³-hybridized carbons (Fsp3) is 0.400. The Kier molecular flexibility index (Phi) is 7.54. The van der Waals surface area contributed by atoms with Gasteiger partial charge in [-0.05, 0) is 68.1 Å². The van der Waals surface area contributed by atoms with Gasteiger partial charge in [0.05, 0.1) is 0 Å². The molecule has 1 fully saturated rings. The van der Waals surface area contributed by atoms with Crippen LogP contribution in [0, 0.1) is 11.7 Å². The van der Waals surface area contributed by atoms with Crippen LogP contribution in [0.25, 0.3) is 0 Å². The summed E-state index contributed by atoms with van der Waals surface area (Å²) in [4.78, 5) is 2.46. The van der Waals surface area contributed by atoms with E-state index in [1.54, 1.807) is 12.1 Å².